The van der Waals surface area contributed by atoms with Gasteiger partial charge in [0.2, 0.25) is 0 Å². The van der Waals surface area contributed by atoms with Crippen LogP contribution in [0.5, 0.6) is 5.75 Å². The molecule has 4 nitrogen and oxygen atoms in total. The predicted octanol–water partition coefficient (Wildman–Crippen LogP) is 3.83. The minimum Gasteiger partial charge on any atom is -0.490 e. The molecule has 21 heavy (non-hydrogen) atoms. The zero-order valence-corrected chi connectivity index (χ0v) is 13.4. The quantitative estimate of drug-likeness (QED) is 0.850. The third-order valence-electron chi connectivity index (χ3n) is 3.62. The van der Waals surface area contributed by atoms with Gasteiger partial charge in [0.15, 0.2) is 0 Å². The average Bonchev–Trinajstić information content (AvgIpc) is 2.77. The van der Waals surface area contributed by atoms with Gasteiger partial charge in [0.1, 0.15) is 12.4 Å². The average molecular weight is 290 g/mol. The predicted molar refractivity (Wildman–Crippen MR) is 85.6 cm³/mol. The maximum absolute atomic E-state index is 10.1. The van der Waals surface area contributed by atoms with E-state index in [4.69, 9.17) is 4.74 Å². The van der Waals surface area contributed by atoms with Gasteiger partial charge in [-0.1, -0.05) is 33.3 Å². The summed E-state index contributed by atoms with van der Waals surface area (Å²) in [7, 11) is 0. The van der Waals surface area contributed by atoms with E-state index in [-0.39, 0.29) is 0 Å². The first kappa shape index (κ1) is 15.8. The Balaban J connectivity index is 1.88. The summed E-state index contributed by atoms with van der Waals surface area (Å²) in [5, 5.41) is 18.2. The highest BCUT2D eigenvalue weighted by molar-refractivity contribution is 5.87. The number of aryl methyl sites for hydroxylation is 1. The van der Waals surface area contributed by atoms with Crippen molar-refractivity contribution in [2.45, 2.75) is 53.1 Å². The van der Waals surface area contributed by atoms with E-state index in [0.29, 0.717) is 12.0 Å². The molecule has 0 fully saturated rings. The first-order valence-electron chi connectivity index (χ1n) is 7.61. The molecule has 2 aromatic rings. The Bertz CT molecular complexity index is 584. The van der Waals surface area contributed by atoms with E-state index in [1.54, 1.807) is 0 Å². The molecule has 1 heterocycles. The summed E-state index contributed by atoms with van der Waals surface area (Å²) in [6.07, 6.45) is 2.48. The molecule has 2 rings (SSSR count). The minimum absolute atomic E-state index is 0.320. The molecule has 0 saturated heterocycles. The fourth-order valence-corrected chi connectivity index (χ4v) is 2.45. The molecule has 116 valence electrons. The van der Waals surface area contributed by atoms with Crippen LogP contribution in [0.25, 0.3) is 10.9 Å². The van der Waals surface area contributed by atoms with Crippen molar-refractivity contribution in [2.75, 3.05) is 6.61 Å². The van der Waals surface area contributed by atoms with Crippen LogP contribution in [0.15, 0.2) is 18.2 Å². The van der Waals surface area contributed by atoms with Gasteiger partial charge in [-0.2, -0.15) is 5.10 Å². The fourth-order valence-electron chi connectivity index (χ4n) is 2.45. The second kappa shape index (κ2) is 6.48. The number of aromatic nitrogens is 2. The van der Waals surface area contributed by atoms with Crippen LogP contribution in [0.2, 0.25) is 0 Å². The number of aliphatic hydroxyl groups is 1. The van der Waals surface area contributed by atoms with Crippen molar-refractivity contribution in [3.8, 4) is 5.75 Å². The molecule has 0 aliphatic carbocycles. The Morgan fingerprint density at radius 3 is 2.81 bits per heavy atom. The molecule has 0 spiro atoms. The molecule has 2 N–H and O–H groups in total. The largest absolute Gasteiger partial charge is 0.490 e. The molecule has 0 bridgehead atoms. The molecule has 1 atom stereocenters. The Labute approximate surface area is 126 Å². The van der Waals surface area contributed by atoms with Crippen LogP contribution in [-0.4, -0.2) is 28.0 Å². The van der Waals surface area contributed by atoms with E-state index in [1.165, 1.54) is 0 Å². The lowest BCUT2D eigenvalue weighted by atomic mass is 9.89. The van der Waals surface area contributed by atoms with Crippen molar-refractivity contribution in [1.29, 1.82) is 0 Å². The normalized spacial score (nSPS) is 13.6. The molecular formula is C17H26N2O2. The van der Waals surface area contributed by atoms with Gasteiger partial charge in [-0.3, -0.25) is 5.10 Å². The molecule has 0 radical (unpaired) electrons. The number of nitrogens with one attached hydrogen (secondary N) is 1. The number of hydrogen-bond acceptors (Lipinski definition) is 3. The van der Waals surface area contributed by atoms with E-state index in [0.717, 1.165) is 41.6 Å². The van der Waals surface area contributed by atoms with Gasteiger partial charge in [0.25, 0.3) is 0 Å². The van der Waals surface area contributed by atoms with Gasteiger partial charge in [-0.05, 0) is 37.3 Å². The molecule has 1 aromatic heterocycles. The highest BCUT2D eigenvalue weighted by Crippen LogP contribution is 2.27. The van der Waals surface area contributed by atoms with Crippen LogP contribution in [0.1, 0.15) is 45.7 Å². The second-order valence-corrected chi connectivity index (χ2v) is 6.92. The lowest BCUT2D eigenvalue weighted by Gasteiger charge is -2.19. The second-order valence-electron chi connectivity index (χ2n) is 6.92. The topological polar surface area (TPSA) is 58.1 Å². The van der Waals surface area contributed by atoms with E-state index in [9.17, 15) is 5.11 Å². The molecule has 0 aliphatic rings. The Morgan fingerprint density at radius 1 is 1.33 bits per heavy atom. The van der Waals surface area contributed by atoms with Crippen LogP contribution < -0.4 is 4.74 Å². The van der Waals surface area contributed by atoms with Crippen LogP contribution in [0.3, 0.4) is 0 Å². The number of benzene rings is 1. The summed E-state index contributed by atoms with van der Waals surface area (Å²) in [5.74, 6) is 0.786. The number of fused-ring (bicyclic) bond motifs is 1. The van der Waals surface area contributed by atoms with Gasteiger partial charge >= 0.3 is 0 Å². The first-order chi connectivity index (χ1) is 9.87. The zero-order valence-electron chi connectivity index (χ0n) is 13.4. The third-order valence-corrected chi connectivity index (χ3v) is 3.62. The van der Waals surface area contributed by atoms with E-state index >= 15 is 0 Å². The van der Waals surface area contributed by atoms with E-state index < -0.39 is 6.10 Å². The van der Waals surface area contributed by atoms with Crippen LogP contribution >= 0.6 is 0 Å². The summed E-state index contributed by atoms with van der Waals surface area (Å²) in [6, 6.07) is 5.79. The highest BCUT2D eigenvalue weighted by atomic mass is 16.5. The summed E-state index contributed by atoms with van der Waals surface area (Å²) in [4.78, 5) is 0. The van der Waals surface area contributed by atoms with Crippen LogP contribution in [0, 0.1) is 12.3 Å². The molecule has 0 aliphatic heterocycles. The third kappa shape index (κ3) is 4.46. The lowest BCUT2D eigenvalue weighted by Crippen LogP contribution is -2.18. The van der Waals surface area contributed by atoms with Crippen molar-refractivity contribution >= 4 is 10.9 Å². The van der Waals surface area contributed by atoms with E-state index in [2.05, 4.69) is 31.0 Å². The zero-order chi connectivity index (χ0) is 15.5. The maximum atomic E-state index is 10.1. The molecule has 4 heteroatoms. The number of hydrogen-bond donors (Lipinski definition) is 2. The van der Waals surface area contributed by atoms with Crippen molar-refractivity contribution in [3.05, 3.63) is 23.9 Å². The summed E-state index contributed by atoms with van der Waals surface area (Å²) >= 11 is 0. The van der Waals surface area contributed by atoms with Crippen molar-refractivity contribution in [2.24, 2.45) is 5.41 Å². The Morgan fingerprint density at radius 2 is 2.10 bits per heavy atom. The van der Waals surface area contributed by atoms with Gasteiger partial charge < -0.3 is 9.84 Å². The van der Waals surface area contributed by atoms with E-state index in [1.807, 2.05) is 25.1 Å². The number of rotatable bonds is 6. The Hall–Kier alpha value is -1.55. The van der Waals surface area contributed by atoms with Crippen LogP contribution in [0.4, 0.5) is 0 Å². The monoisotopic (exact) mass is 290 g/mol. The van der Waals surface area contributed by atoms with Crippen molar-refractivity contribution in [1.82, 2.24) is 10.2 Å². The molecule has 1 aromatic carbocycles. The standard InChI is InChI=1S/C17H26N2O2/c1-12-16-14(19-18-12)8-5-9-15(16)21-11-13(20)7-6-10-17(2,3)4/h5,8-9,13,20H,6-7,10-11H2,1-4H3,(H,18,19)/t13-/m0/s1. The smallest absolute Gasteiger partial charge is 0.130 e. The van der Waals surface area contributed by atoms with Gasteiger partial charge in [0.05, 0.1) is 17.0 Å². The molecular weight excluding hydrogens is 264 g/mol. The van der Waals surface area contributed by atoms with Crippen molar-refractivity contribution < 1.29 is 9.84 Å². The summed E-state index contributed by atoms with van der Waals surface area (Å²) in [5.41, 5.74) is 2.20. The fraction of sp³-hybridized carbons (Fsp3) is 0.588. The Kier molecular flexibility index (Phi) is 4.88. The van der Waals surface area contributed by atoms with Gasteiger partial charge in [-0.25, -0.2) is 0 Å². The van der Waals surface area contributed by atoms with Gasteiger partial charge in [0, 0.05) is 5.69 Å². The maximum Gasteiger partial charge on any atom is 0.130 e. The molecule has 0 saturated carbocycles. The number of aliphatic hydroxyl groups excluding tert-OH is 1. The van der Waals surface area contributed by atoms with Crippen LogP contribution in [-0.2, 0) is 0 Å². The number of H-pyrrole nitrogens is 1. The lowest BCUT2D eigenvalue weighted by molar-refractivity contribution is 0.0957. The first-order valence-corrected chi connectivity index (χ1v) is 7.61. The molecule has 0 unspecified atom stereocenters. The number of aromatic amines is 1. The van der Waals surface area contributed by atoms with Crippen molar-refractivity contribution in [3.63, 3.8) is 0 Å². The van der Waals surface area contributed by atoms with Gasteiger partial charge in [-0.15, -0.1) is 0 Å². The minimum atomic E-state index is -0.421. The molecule has 0 amide bonds. The SMILES string of the molecule is Cc1[nH]nc2cccc(OC[C@@H](O)CCCC(C)(C)C)c12. The number of ether oxygens (including phenoxy) is 1. The summed E-state index contributed by atoms with van der Waals surface area (Å²) < 4.78 is 5.79. The highest BCUT2D eigenvalue weighted by Gasteiger charge is 2.13. The summed E-state index contributed by atoms with van der Waals surface area (Å²) in [6.45, 7) is 8.96. The number of nitrogens with zero attached hydrogens (tertiary/aromatic N) is 1.